The summed E-state index contributed by atoms with van der Waals surface area (Å²) in [5.74, 6) is -0.735. The van der Waals surface area contributed by atoms with Crippen LogP contribution in [0.4, 0.5) is 0 Å². The van der Waals surface area contributed by atoms with E-state index in [4.69, 9.17) is 9.47 Å². The molecule has 1 aromatic heterocycles. The third-order valence-corrected chi connectivity index (χ3v) is 7.66. The number of fused-ring (bicyclic) bond motifs is 1. The number of hydrogen-bond donors (Lipinski definition) is 0. The van der Waals surface area contributed by atoms with E-state index in [0.717, 1.165) is 0 Å². The van der Waals surface area contributed by atoms with Crippen LogP contribution in [0.5, 0.6) is 5.75 Å². The number of piperidine rings is 1. The van der Waals surface area contributed by atoms with Crippen molar-refractivity contribution < 1.29 is 27.5 Å². The van der Waals surface area contributed by atoms with E-state index in [9.17, 15) is 18.0 Å². The van der Waals surface area contributed by atoms with Crippen molar-refractivity contribution in [2.24, 2.45) is 5.92 Å². The highest BCUT2D eigenvalue weighted by Gasteiger charge is 2.34. The molecule has 168 valence electrons. The number of benzene rings is 2. The van der Waals surface area contributed by atoms with Crippen LogP contribution >= 0.6 is 0 Å². The molecule has 0 saturated carbocycles. The Bertz CT molecular complexity index is 1260. The number of carbonyl (C=O) groups excluding carboxylic acids is 2. The van der Waals surface area contributed by atoms with Gasteiger partial charge in [-0.25, -0.2) is 13.2 Å². The zero-order chi connectivity index (χ0) is 22.9. The first-order valence-electron chi connectivity index (χ1n) is 10.2. The monoisotopic (exact) mass is 456 g/mol. The number of methoxy groups -OCH3 is 2. The summed E-state index contributed by atoms with van der Waals surface area (Å²) in [6.45, 7) is 0.422. The van der Waals surface area contributed by atoms with Crippen LogP contribution in [0.25, 0.3) is 10.9 Å². The smallest absolute Gasteiger partial charge is 0.340 e. The number of para-hydroxylation sites is 1. The molecule has 4 rings (SSSR count). The molecule has 0 spiro atoms. The van der Waals surface area contributed by atoms with Gasteiger partial charge in [0, 0.05) is 24.7 Å². The molecule has 8 nitrogen and oxygen atoms in total. The van der Waals surface area contributed by atoms with Gasteiger partial charge in [0.25, 0.3) is 0 Å². The van der Waals surface area contributed by atoms with E-state index in [-0.39, 0.29) is 17.3 Å². The maximum Gasteiger partial charge on any atom is 0.340 e. The van der Waals surface area contributed by atoms with Gasteiger partial charge in [-0.1, -0.05) is 18.2 Å². The fraction of sp³-hybridized carbons (Fsp3) is 0.304. The first kappa shape index (κ1) is 22.0. The van der Waals surface area contributed by atoms with Crippen molar-refractivity contribution in [2.75, 3.05) is 27.3 Å². The van der Waals surface area contributed by atoms with Gasteiger partial charge in [-0.15, -0.1) is 0 Å². The summed E-state index contributed by atoms with van der Waals surface area (Å²) in [5, 5.41) is 0.617. The number of esters is 1. The first-order valence-corrected chi connectivity index (χ1v) is 11.7. The second kappa shape index (κ2) is 8.76. The van der Waals surface area contributed by atoms with E-state index >= 15 is 0 Å². The third kappa shape index (κ3) is 3.89. The molecule has 2 heterocycles. The van der Waals surface area contributed by atoms with Gasteiger partial charge in [0.2, 0.25) is 15.9 Å². The maximum absolute atomic E-state index is 13.4. The Balaban J connectivity index is 1.62. The summed E-state index contributed by atoms with van der Waals surface area (Å²) < 4.78 is 39.0. The van der Waals surface area contributed by atoms with Gasteiger partial charge in [0.1, 0.15) is 5.75 Å². The molecule has 0 bridgehead atoms. The van der Waals surface area contributed by atoms with Gasteiger partial charge in [0.05, 0.1) is 36.1 Å². The Morgan fingerprint density at radius 2 is 1.75 bits per heavy atom. The van der Waals surface area contributed by atoms with Crippen LogP contribution in [0.15, 0.2) is 59.6 Å². The molecule has 32 heavy (non-hydrogen) atoms. The predicted octanol–water partition coefficient (Wildman–Crippen LogP) is 3.18. The van der Waals surface area contributed by atoms with Crippen molar-refractivity contribution in [1.82, 2.24) is 8.87 Å². The molecule has 9 heteroatoms. The molecule has 0 aliphatic carbocycles. The quantitative estimate of drug-likeness (QED) is 0.548. The predicted molar refractivity (Wildman–Crippen MR) is 118 cm³/mol. The van der Waals surface area contributed by atoms with Crippen molar-refractivity contribution in [2.45, 2.75) is 17.7 Å². The van der Waals surface area contributed by atoms with Gasteiger partial charge in [-0.2, -0.15) is 4.31 Å². The van der Waals surface area contributed by atoms with Gasteiger partial charge in [-0.3, -0.25) is 9.36 Å². The Labute approximate surface area is 186 Å². The first-order chi connectivity index (χ1) is 15.4. The molecular weight excluding hydrogens is 432 g/mol. The van der Waals surface area contributed by atoms with E-state index in [1.54, 1.807) is 36.4 Å². The van der Waals surface area contributed by atoms with Crippen LogP contribution in [0.2, 0.25) is 0 Å². The third-order valence-electron chi connectivity index (χ3n) is 5.79. The van der Waals surface area contributed by atoms with Gasteiger partial charge < -0.3 is 9.47 Å². The molecule has 2 aromatic carbocycles. The lowest BCUT2D eigenvalue weighted by Crippen LogP contribution is -2.43. The average Bonchev–Trinajstić information content (AvgIpc) is 3.23. The van der Waals surface area contributed by atoms with Crippen LogP contribution in [0.3, 0.4) is 0 Å². The van der Waals surface area contributed by atoms with Gasteiger partial charge in [0.15, 0.2) is 0 Å². The van der Waals surface area contributed by atoms with Crippen LogP contribution in [0.1, 0.15) is 28.0 Å². The molecular formula is C23H24N2O6S. The molecule has 1 atom stereocenters. The lowest BCUT2D eigenvalue weighted by molar-refractivity contribution is 0.0603. The van der Waals surface area contributed by atoms with Crippen molar-refractivity contribution >= 4 is 32.8 Å². The Morgan fingerprint density at radius 1 is 1.03 bits per heavy atom. The fourth-order valence-corrected chi connectivity index (χ4v) is 5.61. The van der Waals surface area contributed by atoms with Crippen LogP contribution in [-0.4, -0.2) is 56.5 Å². The number of ether oxygens (including phenoxy) is 2. The molecule has 3 aromatic rings. The van der Waals surface area contributed by atoms with Crippen LogP contribution in [0, 0.1) is 5.92 Å². The molecule has 1 saturated heterocycles. The van der Waals surface area contributed by atoms with E-state index in [2.05, 4.69) is 0 Å². The highest BCUT2D eigenvalue weighted by molar-refractivity contribution is 7.89. The number of nitrogens with zero attached hydrogens (tertiary/aromatic N) is 2. The largest absolute Gasteiger partial charge is 0.497 e. The lowest BCUT2D eigenvalue weighted by atomic mass is 9.98. The number of sulfonamides is 1. The van der Waals surface area contributed by atoms with Gasteiger partial charge >= 0.3 is 5.97 Å². The molecule has 0 N–H and O–H groups in total. The van der Waals surface area contributed by atoms with Crippen molar-refractivity contribution in [3.05, 3.63) is 60.3 Å². The topological polar surface area (TPSA) is 94.9 Å². The van der Waals surface area contributed by atoms with E-state index < -0.39 is 21.9 Å². The number of carbonyl (C=O) groups is 2. The summed E-state index contributed by atoms with van der Waals surface area (Å²) in [6.07, 6.45) is 2.61. The molecule has 0 amide bonds. The highest BCUT2D eigenvalue weighted by Crippen LogP contribution is 2.28. The molecule has 1 fully saturated rings. The summed E-state index contributed by atoms with van der Waals surface area (Å²) in [4.78, 5) is 25.7. The summed E-state index contributed by atoms with van der Waals surface area (Å²) in [7, 11) is -0.942. The average molecular weight is 457 g/mol. The lowest BCUT2D eigenvalue weighted by Gasteiger charge is -2.31. The van der Waals surface area contributed by atoms with Crippen molar-refractivity contribution in [3.8, 4) is 5.75 Å². The Morgan fingerprint density at radius 3 is 2.44 bits per heavy atom. The van der Waals surface area contributed by atoms with Gasteiger partial charge in [-0.05, 0) is 43.2 Å². The zero-order valence-corrected chi connectivity index (χ0v) is 18.7. The minimum absolute atomic E-state index is 0.0766. The van der Waals surface area contributed by atoms with Crippen LogP contribution < -0.4 is 4.74 Å². The van der Waals surface area contributed by atoms with E-state index in [1.807, 2.05) is 0 Å². The Kier molecular flexibility index (Phi) is 6.03. The summed E-state index contributed by atoms with van der Waals surface area (Å²) in [6, 6.07) is 13.3. The second-order valence-corrected chi connectivity index (χ2v) is 9.58. The van der Waals surface area contributed by atoms with Crippen LogP contribution in [-0.2, 0) is 14.8 Å². The zero-order valence-electron chi connectivity index (χ0n) is 17.9. The number of aromatic nitrogens is 1. The summed E-state index contributed by atoms with van der Waals surface area (Å²) in [5.41, 5.74) is 0.892. The minimum Gasteiger partial charge on any atom is -0.497 e. The number of hydrogen-bond acceptors (Lipinski definition) is 6. The highest BCUT2D eigenvalue weighted by atomic mass is 32.2. The second-order valence-electron chi connectivity index (χ2n) is 7.64. The normalized spacial score (nSPS) is 17.2. The standard InChI is InChI=1S/C23H24N2O6S/c1-30-17-9-11-18(12-10-17)32(28,29)24-13-5-6-16(14-24)22(26)25-15-20(23(27)31-2)19-7-3-4-8-21(19)25/h3-4,7-12,15-16H,5-6,13-14H2,1-2H3. The maximum atomic E-state index is 13.4. The number of rotatable bonds is 5. The Hall–Kier alpha value is -3.17. The minimum atomic E-state index is -3.75. The molecule has 0 radical (unpaired) electrons. The molecule has 1 aliphatic rings. The molecule has 1 aliphatic heterocycles. The summed E-state index contributed by atoms with van der Waals surface area (Å²) >= 11 is 0. The van der Waals surface area contributed by atoms with E-state index in [0.29, 0.717) is 41.6 Å². The van der Waals surface area contributed by atoms with E-state index in [1.165, 1.54) is 41.4 Å². The SMILES string of the molecule is COC(=O)c1cn(C(=O)C2CCCN(S(=O)(=O)c3ccc(OC)cc3)C2)c2ccccc12. The van der Waals surface area contributed by atoms with Crippen molar-refractivity contribution in [3.63, 3.8) is 0 Å². The van der Waals surface area contributed by atoms with Crippen molar-refractivity contribution in [1.29, 1.82) is 0 Å². The fourth-order valence-electron chi connectivity index (χ4n) is 4.09. The molecule has 1 unspecified atom stereocenters.